The van der Waals surface area contributed by atoms with Crippen molar-refractivity contribution >= 4 is 16.9 Å². The van der Waals surface area contributed by atoms with Crippen molar-refractivity contribution in [1.82, 2.24) is 19.4 Å². The number of nitrogens with zero attached hydrogens (tertiary/aromatic N) is 4. The molecule has 206 valence electrons. The highest BCUT2D eigenvalue weighted by molar-refractivity contribution is 5.97. The maximum absolute atomic E-state index is 13.7. The average molecular weight is 517 g/mol. The van der Waals surface area contributed by atoms with Gasteiger partial charge >= 0.3 is 0 Å². The molecule has 4 rings (SSSR count). The van der Waals surface area contributed by atoms with Gasteiger partial charge in [-0.05, 0) is 87.3 Å². The molecular formula is C33H48N4O. The molecule has 0 atom stereocenters. The van der Waals surface area contributed by atoms with E-state index in [9.17, 15) is 4.79 Å². The minimum Gasteiger partial charge on any atom is -0.339 e. The molecule has 3 aromatic rings. The van der Waals surface area contributed by atoms with E-state index in [-0.39, 0.29) is 5.91 Å². The fraction of sp³-hybridized carbons (Fsp3) is 0.576. The number of imidazole rings is 1. The van der Waals surface area contributed by atoms with E-state index in [1.165, 1.54) is 37.9 Å². The first-order valence-electron chi connectivity index (χ1n) is 15.0. The van der Waals surface area contributed by atoms with Crippen molar-refractivity contribution in [2.24, 2.45) is 11.8 Å². The molecule has 1 saturated heterocycles. The summed E-state index contributed by atoms with van der Waals surface area (Å²) in [7, 11) is 0. The van der Waals surface area contributed by atoms with E-state index < -0.39 is 0 Å². The molecule has 2 aromatic carbocycles. The smallest absolute Gasteiger partial charge is 0.253 e. The third-order valence-corrected chi connectivity index (χ3v) is 7.82. The first kappa shape index (κ1) is 28.4. The Bertz CT molecular complexity index is 1130. The van der Waals surface area contributed by atoms with Gasteiger partial charge in [0.2, 0.25) is 0 Å². The highest BCUT2D eigenvalue weighted by atomic mass is 16.2. The second-order valence-electron chi connectivity index (χ2n) is 12.0. The van der Waals surface area contributed by atoms with Crippen molar-refractivity contribution in [2.45, 2.75) is 79.2 Å². The molecule has 38 heavy (non-hydrogen) atoms. The molecule has 0 saturated carbocycles. The van der Waals surface area contributed by atoms with E-state index in [2.05, 4.69) is 84.5 Å². The van der Waals surface area contributed by atoms with Gasteiger partial charge in [-0.3, -0.25) is 4.79 Å². The molecule has 0 radical (unpaired) electrons. The number of carbonyl (C=O) groups is 1. The summed E-state index contributed by atoms with van der Waals surface area (Å²) >= 11 is 0. The Balaban J connectivity index is 1.60. The van der Waals surface area contributed by atoms with Gasteiger partial charge in [-0.2, -0.15) is 0 Å². The van der Waals surface area contributed by atoms with E-state index in [0.29, 0.717) is 11.8 Å². The quantitative estimate of drug-likeness (QED) is 0.245. The van der Waals surface area contributed by atoms with E-state index in [1.54, 1.807) is 0 Å². The van der Waals surface area contributed by atoms with Crippen LogP contribution in [-0.2, 0) is 13.0 Å². The number of hydrogen-bond donors (Lipinski definition) is 0. The summed E-state index contributed by atoms with van der Waals surface area (Å²) in [5, 5.41) is 0. The van der Waals surface area contributed by atoms with Crippen LogP contribution in [0.25, 0.3) is 11.0 Å². The number of rotatable bonds is 13. The minimum absolute atomic E-state index is 0.152. The Morgan fingerprint density at radius 1 is 0.895 bits per heavy atom. The maximum atomic E-state index is 13.7. The van der Waals surface area contributed by atoms with Gasteiger partial charge in [0.15, 0.2) is 0 Å². The number of carbonyl (C=O) groups excluding carboxylic acids is 1. The molecule has 1 fully saturated rings. The van der Waals surface area contributed by atoms with Crippen LogP contribution >= 0.6 is 0 Å². The summed E-state index contributed by atoms with van der Waals surface area (Å²) in [5.74, 6) is 2.40. The standard InChI is InChI=1S/C33H48N4O/c1-26(2)16-22-36(23-17-27(3)4)33(38)29-14-15-30-31(25-29)37(21-11-20-35-18-9-6-10-19-35)32(34-30)24-28-12-7-5-8-13-28/h5,7-8,12-15,25-27H,6,9-11,16-24H2,1-4H3. The second kappa shape index (κ2) is 13.9. The summed E-state index contributed by atoms with van der Waals surface area (Å²) in [6.07, 6.45) is 7.97. The van der Waals surface area contributed by atoms with E-state index >= 15 is 0 Å². The molecule has 0 spiro atoms. The van der Waals surface area contributed by atoms with Crippen LogP contribution in [0.2, 0.25) is 0 Å². The third kappa shape index (κ3) is 7.92. The van der Waals surface area contributed by atoms with Crippen LogP contribution in [-0.4, -0.2) is 58.0 Å². The van der Waals surface area contributed by atoms with Crippen LogP contribution in [0.3, 0.4) is 0 Å². The van der Waals surface area contributed by atoms with Crippen molar-refractivity contribution in [1.29, 1.82) is 0 Å². The van der Waals surface area contributed by atoms with Crippen molar-refractivity contribution in [3.05, 3.63) is 65.5 Å². The molecule has 0 aliphatic carbocycles. The molecule has 0 N–H and O–H groups in total. The number of amides is 1. The molecule has 0 bridgehead atoms. The maximum Gasteiger partial charge on any atom is 0.253 e. The zero-order valence-electron chi connectivity index (χ0n) is 24.2. The number of piperidine rings is 1. The van der Waals surface area contributed by atoms with Crippen LogP contribution in [0.15, 0.2) is 48.5 Å². The monoisotopic (exact) mass is 516 g/mol. The number of aryl methyl sites for hydroxylation is 1. The summed E-state index contributed by atoms with van der Waals surface area (Å²) in [5.41, 5.74) is 4.13. The highest BCUT2D eigenvalue weighted by Gasteiger charge is 2.20. The summed E-state index contributed by atoms with van der Waals surface area (Å²) in [4.78, 5) is 23.5. The summed E-state index contributed by atoms with van der Waals surface area (Å²) < 4.78 is 2.38. The summed E-state index contributed by atoms with van der Waals surface area (Å²) in [6, 6.07) is 16.8. The van der Waals surface area contributed by atoms with E-state index in [4.69, 9.17) is 4.98 Å². The lowest BCUT2D eigenvalue weighted by Gasteiger charge is -2.26. The van der Waals surface area contributed by atoms with Crippen LogP contribution in [0.5, 0.6) is 0 Å². The first-order valence-corrected chi connectivity index (χ1v) is 15.0. The molecule has 1 amide bonds. The molecular weight excluding hydrogens is 468 g/mol. The van der Waals surface area contributed by atoms with E-state index in [1.807, 2.05) is 6.07 Å². The Morgan fingerprint density at radius 3 is 2.24 bits per heavy atom. The van der Waals surface area contributed by atoms with Crippen LogP contribution in [0.4, 0.5) is 0 Å². The molecule has 5 heteroatoms. The number of benzene rings is 2. The number of aromatic nitrogens is 2. The first-order chi connectivity index (χ1) is 18.4. The van der Waals surface area contributed by atoms with Gasteiger partial charge in [0.05, 0.1) is 11.0 Å². The van der Waals surface area contributed by atoms with Crippen molar-refractivity contribution in [3.8, 4) is 0 Å². The van der Waals surface area contributed by atoms with Crippen LogP contribution < -0.4 is 0 Å². The number of likely N-dealkylation sites (tertiary alicyclic amines) is 1. The molecule has 0 unspecified atom stereocenters. The van der Waals surface area contributed by atoms with Gasteiger partial charge in [-0.25, -0.2) is 4.98 Å². The van der Waals surface area contributed by atoms with Crippen molar-refractivity contribution in [2.75, 3.05) is 32.7 Å². The van der Waals surface area contributed by atoms with Gasteiger partial charge in [-0.15, -0.1) is 0 Å². The van der Waals surface area contributed by atoms with Gasteiger partial charge in [0.25, 0.3) is 5.91 Å². The van der Waals surface area contributed by atoms with Crippen LogP contribution in [0.1, 0.15) is 88.0 Å². The van der Waals surface area contributed by atoms with Gasteiger partial charge < -0.3 is 14.4 Å². The van der Waals surface area contributed by atoms with Gasteiger partial charge in [0, 0.05) is 31.6 Å². The number of hydrogen-bond acceptors (Lipinski definition) is 3. The number of fused-ring (bicyclic) bond motifs is 1. The SMILES string of the molecule is CC(C)CCN(CCC(C)C)C(=O)c1ccc2nc(Cc3ccccc3)n(CCCN3CCCCC3)c2c1. The fourth-order valence-corrected chi connectivity index (χ4v) is 5.43. The van der Waals surface area contributed by atoms with Crippen LogP contribution in [0, 0.1) is 11.8 Å². The lowest BCUT2D eigenvalue weighted by atomic mass is 10.1. The largest absolute Gasteiger partial charge is 0.339 e. The Labute approximate surface area is 230 Å². The fourth-order valence-electron chi connectivity index (χ4n) is 5.43. The Morgan fingerprint density at radius 2 is 1.58 bits per heavy atom. The predicted octanol–water partition coefficient (Wildman–Crippen LogP) is 7.04. The highest BCUT2D eigenvalue weighted by Crippen LogP contribution is 2.23. The second-order valence-corrected chi connectivity index (χ2v) is 12.0. The molecule has 5 nitrogen and oxygen atoms in total. The molecule has 1 aliphatic rings. The van der Waals surface area contributed by atoms with Gasteiger partial charge in [-0.1, -0.05) is 64.4 Å². The van der Waals surface area contributed by atoms with Gasteiger partial charge in [0.1, 0.15) is 5.82 Å². The average Bonchev–Trinajstić information content (AvgIpc) is 3.25. The van der Waals surface area contributed by atoms with Crippen molar-refractivity contribution < 1.29 is 4.79 Å². The molecule has 1 aromatic heterocycles. The lowest BCUT2D eigenvalue weighted by molar-refractivity contribution is 0.0741. The topological polar surface area (TPSA) is 41.4 Å². The zero-order chi connectivity index (χ0) is 26.9. The normalized spacial score (nSPS) is 14.6. The van der Waals surface area contributed by atoms with E-state index in [0.717, 1.165) is 74.3 Å². The molecule has 1 aliphatic heterocycles. The molecule has 2 heterocycles. The zero-order valence-corrected chi connectivity index (χ0v) is 24.2. The Kier molecular flexibility index (Phi) is 10.4. The Hall–Kier alpha value is -2.66. The summed E-state index contributed by atoms with van der Waals surface area (Å²) in [6.45, 7) is 15.1. The van der Waals surface area contributed by atoms with Crippen molar-refractivity contribution in [3.63, 3.8) is 0 Å². The predicted molar refractivity (Wildman–Crippen MR) is 159 cm³/mol. The minimum atomic E-state index is 0.152. The third-order valence-electron chi connectivity index (χ3n) is 7.82. The lowest BCUT2D eigenvalue weighted by Crippen LogP contribution is -2.34.